The van der Waals surface area contributed by atoms with Crippen LogP contribution < -0.4 is 9.62 Å². The van der Waals surface area contributed by atoms with Crippen molar-refractivity contribution in [2.24, 2.45) is 0 Å². The molecule has 0 aromatic heterocycles. The summed E-state index contributed by atoms with van der Waals surface area (Å²) < 4.78 is 29.7. The predicted octanol–water partition coefficient (Wildman–Crippen LogP) is 6.73. The van der Waals surface area contributed by atoms with Crippen LogP contribution in [-0.4, -0.2) is 44.3 Å². The van der Waals surface area contributed by atoms with E-state index in [0.29, 0.717) is 22.2 Å². The maximum atomic E-state index is 14.4. The molecule has 0 spiro atoms. The van der Waals surface area contributed by atoms with E-state index in [-0.39, 0.29) is 29.5 Å². The van der Waals surface area contributed by atoms with E-state index in [0.717, 1.165) is 14.3 Å². The van der Waals surface area contributed by atoms with Gasteiger partial charge in [-0.1, -0.05) is 93.7 Å². The van der Waals surface area contributed by atoms with Gasteiger partial charge in [0.05, 0.1) is 10.6 Å². The highest BCUT2D eigenvalue weighted by atomic mass is 79.9. The first-order valence-corrected chi connectivity index (χ1v) is 16.5. The Morgan fingerprint density at radius 3 is 2.00 bits per heavy atom. The summed E-state index contributed by atoms with van der Waals surface area (Å²) in [5, 5.41) is 3.47. The van der Waals surface area contributed by atoms with Gasteiger partial charge in [0.2, 0.25) is 11.8 Å². The maximum absolute atomic E-state index is 14.4. The Hall–Kier alpha value is -3.37. The molecule has 0 radical (unpaired) electrons. The number of nitrogens with one attached hydrogen (secondary N) is 1. The summed E-state index contributed by atoms with van der Waals surface area (Å²) in [5.74, 6) is -0.991. The second-order valence-electron chi connectivity index (χ2n) is 9.62. The molecule has 2 amide bonds. The fourth-order valence-electron chi connectivity index (χ4n) is 4.56. The molecule has 224 valence electrons. The lowest BCUT2D eigenvalue weighted by Crippen LogP contribution is -2.53. The number of carbonyl (C=O) groups excluding carboxylic acids is 2. The zero-order valence-electron chi connectivity index (χ0n) is 23.3. The van der Waals surface area contributed by atoms with Crippen LogP contribution in [0.15, 0.2) is 112 Å². The van der Waals surface area contributed by atoms with Crippen LogP contribution in [0, 0.1) is 0 Å². The minimum atomic E-state index is -4.18. The van der Waals surface area contributed by atoms with Crippen LogP contribution in [0.4, 0.5) is 5.69 Å². The Balaban J connectivity index is 1.82. The van der Waals surface area contributed by atoms with Crippen LogP contribution in [-0.2, 0) is 32.6 Å². The number of likely N-dealkylation sites (N-methyl/N-ethyl adjacent to an activating group) is 1. The number of anilines is 1. The molecule has 43 heavy (non-hydrogen) atoms. The second kappa shape index (κ2) is 14.9. The van der Waals surface area contributed by atoms with Crippen molar-refractivity contribution in [3.63, 3.8) is 0 Å². The van der Waals surface area contributed by atoms with Gasteiger partial charge in [0.25, 0.3) is 10.0 Å². The van der Waals surface area contributed by atoms with Gasteiger partial charge in [-0.2, -0.15) is 0 Å². The molecule has 1 N–H and O–H groups in total. The summed E-state index contributed by atoms with van der Waals surface area (Å²) in [4.78, 5) is 29.3. The Morgan fingerprint density at radius 1 is 0.837 bits per heavy atom. The molecule has 4 rings (SSSR count). The van der Waals surface area contributed by atoms with E-state index in [1.165, 1.54) is 17.0 Å². The maximum Gasteiger partial charge on any atom is 0.264 e. The number of nitrogens with zero attached hydrogens (tertiary/aromatic N) is 2. The van der Waals surface area contributed by atoms with E-state index in [1.54, 1.807) is 67.6 Å². The molecule has 1 atom stereocenters. The molecule has 4 aromatic carbocycles. The first kappa shape index (κ1) is 32.5. The Labute approximate surface area is 270 Å². The highest BCUT2D eigenvalue weighted by Crippen LogP contribution is 2.29. The number of rotatable bonds is 12. The molecule has 0 saturated carbocycles. The van der Waals surface area contributed by atoms with Gasteiger partial charge in [0.15, 0.2) is 0 Å². The molecule has 0 saturated heterocycles. The largest absolute Gasteiger partial charge is 0.355 e. The van der Waals surface area contributed by atoms with Gasteiger partial charge in [-0.25, -0.2) is 8.42 Å². The van der Waals surface area contributed by atoms with Gasteiger partial charge >= 0.3 is 0 Å². The van der Waals surface area contributed by atoms with Gasteiger partial charge in [0.1, 0.15) is 12.6 Å². The minimum absolute atomic E-state index is 0.0241. The molecule has 0 heterocycles. The molecule has 4 aromatic rings. The van der Waals surface area contributed by atoms with Crippen molar-refractivity contribution in [3.8, 4) is 0 Å². The molecule has 0 fully saturated rings. The average molecular weight is 703 g/mol. The van der Waals surface area contributed by atoms with E-state index in [9.17, 15) is 18.0 Å². The fraction of sp³-hybridized carbons (Fsp3) is 0.188. The van der Waals surface area contributed by atoms with Crippen molar-refractivity contribution in [2.45, 2.75) is 30.8 Å². The number of hydrogen-bond acceptors (Lipinski definition) is 4. The van der Waals surface area contributed by atoms with E-state index in [1.807, 2.05) is 30.3 Å². The first-order valence-electron chi connectivity index (χ1n) is 13.5. The second-order valence-corrected chi connectivity index (χ2v) is 13.2. The average Bonchev–Trinajstić information content (AvgIpc) is 3.00. The number of carbonyl (C=O) groups is 2. The minimum Gasteiger partial charge on any atom is -0.355 e. The molecule has 11 heteroatoms. The zero-order valence-corrected chi connectivity index (χ0v) is 27.2. The third-order valence-corrected chi connectivity index (χ3v) is 9.76. The lowest BCUT2D eigenvalue weighted by atomic mass is 10.0. The first-order chi connectivity index (χ1) is 20.6. The Bertz CT molecular complexity index is 1640. The fourth-order valence-corrected chi connectivity index (χ4v) is 6.77. The van der Waals surface area contributed by atoms with Gasteiger partial charge in [-0.05, 0) is 61.0 Å². The van der Waals surface area contributed by atoms with Crippen molar-refractivity contribution < 1.29 is 18.0 Å². The summed E-state index contributed by atoms with van der Waals surface area (Å²) in [6.45, 7) is 1.43. The van der Waals surface area contributed by atoms with Crippen molar-refractivity contribution in [2.75, 3.05) is 17.4 Å². The summed E-state index contributed by atoms with van der Waals surface area (Å²) in [7, 11) is -4.18. The number of halogens is 3. The third-order valence-electron chi connectivity index (χ3n) is 6.74. The predicted molar refractivity (Wildman–Crippen MR) is 175 cm³/mol. The van der Waals surface area contributed by atoms with E-state index < -0.39 is 28.5 Å². The van der Waals surface area contributed by atoms with Crippen LogP contribution in [0.2, 0.25) is 10.0 Å². The lowest BCUT2D eigenvalue weighted by molar-refractivity contribution is -0.140. The summed E-state index contributed by atoms with van der Waals surface area (Å²) in [6.07, 6.45) is 0.185. The molecule has 0 aliphatic carbocycles. The molecule has 1 unspecified atom stereocenters. The van der Waals surface area contributed by atoms with Gasteiger partial charge in [-0.3, -0.25) is 13.9 Å². The van der Waals surface area contributed by atoms with Crippen molar-refractivity contribution in [1.29, 1.82) is 0 Å². The monoisotopic (exact) mass is 701 g/mol. The normalized spacial score (nSPS) is 11.9. The SMILES string of the molecule is CCNC(=O)C(Cc1ccccc1)N(Cc1c(Cl)cccc1Cl)C(=O)CN(c1ccc(Br)cc1)S(=O)(=O)c1ccccc1. The molecule has 0 bridgehead atoms. The molecule has 7 nitrogen and oxygen atoms in total. The van der Waals surface area contributed by atoms with E-state index in [2.05, 4.69) is 21.2 Å². The highest BCUT2D eigenvalue weighted by molar-refractivity contribution is 9.10. The number of amides is 2. The third kappa shape index (κ3) is 8.17. The lowest BCUT2D eigenvalue weighted by Gasteiger charge is -2.34. The van der Waals surface area contributed by atoms with Crippen LogP contribution in [0.5, 0.6) is 0 Å². The molecular weight excluding hydrogens is 673 g/mol. The van der Waals surface area contributed by atoms with Crippen molar-refractivity contribution in [3.05, 3.63) is 129 Å². The van der Waals surface area contributed by atoms with Crippen LogP contribution in [0.1, 0.15) is 18.1 Å². The van der Waals surface area contributed by atoms with E-state index in [4.69, 9.17) is 23.2 Å². The highest BCUT2D eigenvalue weighted by Gasteiger charge is 2.35. The van der Waals surface area contributed by atoms with Crippen LogP contribution in [0.25, 0.3) is 0 Å². The molecule has 0 aliphatic heterocycles. The van der Waals surface area contributed by atoms with E-state index >= 15 is 0 Å². The van der Waals surface area contributed by atoms with Gasteiger partial charge in [-0.15, -0.1) is 0 Å². The quantitative estimate of drug-likeness (QED) is 0.178. The summed E-state index contributed by atoms with van der Waals surface area (Å²) in [5.41, 5.74) is 1.56. The van der Waals surface area contributed by atoms with Gasteiger partial charge in [0, 0.05) is 39.6 Å². The van der Waals surface area contributed by atoms with Crippen LogP contribution in [0.3, 0.4) is 0 Å². The zero-order chi connectivity index (χ0) is 31.0. The van der Waals surface area contributed by atoms with Crippen molar-refractivity contribution >= 4 is 66.7 Å². The summed E-state index contributed by atoms with van der Waals surface area (Å²) >= 11 is 16.4. The number of sulfonamides is 1. The van der Waals surface area contributed by atoms with Gasteiger partial charge < -0.3 is 10.2 Å². The standard InChI is InChI=1S/C32H30BrCl2N3O4S/c1-2-36-32(40)30(20-23-10-5-3-6-11-23)37(21-27-28(34)14-9-15-29(27)35)31(39)22-38(25-18-16-24(33)17-19-25)43(41,42)26-12-7-4-8-13-26/h3-19,30H,2,20-22H2,1H3,(H,36,40). The topological polar surface area (TPSA) is 86.8 Å². The Morgan fingerprint density at radius 2 is 1.42 bits per heavy atom. The molecular formula is C32H30BrCl2N3O4S. The number of benzene rings is 4. The summed E-state index contributed by atoms with van der Waals surface area (Å²) in [6, 6.07) is 27.8. The smallest absolute Gasteiger partial charge is 0.264 e. The van der Waals surface area contributed by atoms with Crippen LogP contribution >= 0.6 is 39.1 Å². The van der Waals surface area contributed by atoms with Crippen molar-refractivity contribution in [1.82, 2.24) is 10.2 Å². The Kier molecular flexibility index (Phi) is 11.3. The number of hydrogen-bond donors (Lipinski definition) is 1. The molecule has 0 aliphatic rings.